The Morgan fingerprint density at radius 2 is 1.36 bits per heavy atom. The molecule has 1 fully saturated rings. The first-order valence-electron chi connectivity index (χ1n) is 9.58. The van der Waals surface area contributed by atoms with E-state index >= 15 is 0 Å². The molecule has 1 heterocycles. The lowest BCUT2D eigenvalue weighted by atomic mass is 9.84. The molecule has 0 unspecified atom stereocenters. The van der Waals surface area contributed by atoms with Crippen molar-refractivity contribution in [3.05, 3.63) is 59.7 Å². The predicted molar refractivity (Wildman–Crippen MR) is 109 cm³/mol. The molecule has 28 heavy (non-hydrogen) atoms. The number of rotatable bonds is 2. The summed E-state index contributed by atoms with van der Waals surface area (Å²) in [4.78, 5) is 39.4. The summed E-state index contributed by atoms with van der Waals surface area (Å²) in [7, 11) is 0. The zero-order chi connectivity index (χ0) is 19.4. The molecule has 1 saturated carbocycles. The maximum atomic E-state index is 13.1. The Kier molecular flexibility index (Phi) is 3.98. The van der Waals surface area contributed by atoms with Crippen LogP contribution in [-0.2, 0) is 4.79 Å². The topological polar surface area (TPSA) is 54.5 Å². The summed E-state index contributed by atoms with van der Waals surface area (Å²) < 4.78 is 0. The molecule has 2 aliphatic rings. The van der Waals surface area contributed by atoms with E-state index in [0.29, 0.717) is 24.0 Å². The maximum Gasteiger partial charge on any atom is 0.261 e. The van der Waals surface area contributed by atoms with Crippen molar-refractivity contribution in [3.8, 4) is 0 Å². The average Bonchev–Trinajstić information content (AvgIpc) is 2.94. The van der Waals surface area contributed by atoms with Crippen LogP contribution in [0.2, 0.25) is 0 Å². The molecular formula is C23H18ClNO3. The van der Waals surface area contributed by atoms with Crippen LogP contribution in [0.15, 0.2) is 48.5 Å². The van der Waals surface area contributed by atoms with E-state index < -0.39 is 17.2 Å². The second kappa shape index (κ2) is 6.42. The molecule has 5 heteroatoms. The molecule has 0 spiro atoms. The number of benzene rings is 3. The second-order valence-corrected chi connectivity index (χ2v) is 8.06. The highest BCUT2D eigenvalue weighted by atomic mass is 35.5. The minimum absolute atomic E-state index is 0.315. The van der Waals surface area contributed by atoms with E-state index in [-0.39, 0.29) is 11.8 Å². The van der Waals surface area contributed by atoms with Crippen molar-refractivity contribution >= 4 is 50.2 Å². The van der Waals surface area contributed by atoms with Crippen LogP contribution in [0.4, 0.5) is 0 Å². The minimum Gasteiger partial charge on any atom is -0.281 e. The number of amides is 2. The molecule has 0 saturated heterocycles. The molecule has 140 valence electrons. The van der Waals surface area contributed by atoms with Gasteiger partial charge in [0.05, 0.1) is 23.1 Å². The van der Waals surface area contributed by atoms with Crippen molar-refractivity contribution < 1.29 is 14.4 Å². The number of imide groups is 1. The Balaban J connectivity index is 1.62. The number of carbonyl (C=O) groups excluding carboxylic acids is 3. The Labute approximate surface area is 167 Å². The predicted octanol–water partition coefficient (Wildman–Crippen LogP) is 4.91. The maximum absolute atomic E-state index is 13.1. The van der Waals surface area contributed by atoms with Crippen LogP contribution in [0, 0.1) is 5.92 Å². The Hall–Kier alpha value is -2.72. The van der Waals surface area contributed by atoms with Crippen LogP contribution in [0.25, 0.3) is 21.5 Å². The number of fused-ring (bicyclic) bond motifs is 3. The molecule has 1 aliphatic carbocycles. The molecule has 5 rings (SSSR count). The van der Waals surface area contributed by atoms with Gasteiger partial charge in [-0.1, -0.05) is 37.1 Å². The van der Waals surface area contributed by atoms with Crippen molar-refractivity contribution in [2.24, 2.45) is 5.92 Å². The van der Waals surface area contributed by atoms with E-state index in [0.717, 1.165) is 34.4 Å². The largest absolute Gasteiger partial charge is 0.281 e. The van der Waals surface area contributed by atoms with E-state index in [9.17, 15) is 14.4 Å². The molecule has 0 bridgehead atoms. The smallest absolute Gasteiger partial charge is 0.261 e. The highest BCUT2D eigenvalue weighted by molar-refractivity contribution is 6.64. The number of carbonyl (C=O) groups is 3. The molecule has 0 N–H and O–H groups in total. The van der Waals surface area contributed by atoms with Crippen molar-refractivity contribution in [1.82, 2.24) is 4.90 Å². The second-order valence-electron chi connectivity index (χ2n) is 7.69. The SMILES string of the molecule is O=C(Cl)[C@@H]1CCCC[C@H]1N1C(=O)c2cc3cc4ccccc4cc3cc2C1=O. The van der Waals surface area contributed by atoms with Gasteiger partial charge in [0, 0.05) is 0 Å². The Morgan fingerprint density at radius 3 is 1.89 bits per heavy atom. The molecule has 3 aromatic rings. The first-order chi connectivity index (χ1) is 13.5. The fourth-order valence-electron chi connectivity index (χ4n) is 4.68. The number of nitrogens with zero attached hydrogens (tertiary/aromatic N) is 1. The van der Waals surface area contributed by atoms with E-state index in [1.165, 1.54) is 4.90 Å². The van der Waals surface area contributed by atoms with Crippen LogP contribution >= 0.6 is 11.6 Å². The fraction of sp³-hybridized carbons (Fsp3) is 0.261. The number of halogens is 1. The zero-order valence-electron chi connectivity index (χ0n) is 15.2. The lowest BCUT2D eigenvalue weighted by Crippen LogP contribution is -2.47. The van der Waals surface area contributed by atoms with Gasteiger partial charge in [0.2, 0.25) is 5.24 Å². The molecule has 1 aliphatic heterocycles. The third-order valence-electron chi connectivity index (χ3n) is 6.09. The van der Waals surface area contributed by atoms with Gasteiger partial charge in [-0.2, -0.15) is 0 Å². The van der Waals surface area contributed by atoms with Crippen LogP contribution in [0.1, 0.15) is 46.4 Å². The summed E-state index contributed by atoms with van der Waals surface area (Å²) >= 11 is 5.79. The van der Waals surface area contributed by atoms with Crippen molar-refractivity contribution in [1.29, 1.82) is 0 Å². The summed E-state index contributed by atoms with van der Waals surface area (Å²) in [6.07, 6.45) is 3.01. The highest BCUT2D eigenvalue weighted by Crippen LogP contribution is 2.37. The summed E-state index contributed by atoms with van der Waals surface area (Å²) in [6, 6.07) is 15.2. The Bertz CT molecular complexity index is 1100. The van der Waals surface area contributed by atoms with Crippen LogP contribution in [0.3, 0.4) is 0 Å². The molecule has 0 aromatic heterocycles. The highest BCUT2D eigenvalue weighted by Gasteiger charge is 2.45. The quantitative estimate of drug-likeness (QED) is 0.354. The van der Waals surface area contributed by atoms with E-state index in [4.69, 9.17) is 11.6 Å². The first-order valence-corrected chi connectivity index (χ1v) is 9.96. The summed E-state index contributed by atoms with van der Waals surface area (Å²) in [5, 5.41) is 3.56. The number of hydrogen-bond donors (Lipinski definition) is 0. The summed E-state index contributed by atoms with van der Waals surface area (Å²) in [5.41, 5.74) is 0.832. The van der Waals surface area contributed by atoms with Gasteiger partial charge in [0.25, 0.3) is 11.8 Å². The van der Waals surface area contributed by atoms with Gasteiger partial charge in [0.15, 0.2) is 0 Å². The van der Waals surface area contributed by atoms with Crippen molar-refractivity contribution in [2.45, 2.75) is 31.7 Å². The Morgan fingerprint density at radius 1 is 0.821 bits per heavy atom. The molecular weight excluding hydrogens is 374 g/mol. The molecule has 0 radical (unpaired) electrons. The van der Waals surface area contributed by atoms with Crippen molar-refractivity contribution in [3.63, 3.8) is 0 Å². The monoisotopic (exact) mass is 391 g/mol. The molecule has 2 amide bonds. The van der Waals surface area contributed by atoms with E-state index in [2.05, 4.69) is 0 Å². The standard InChI is InChI=1S/C23H18ClNO3/c24-21(26)17-7-3-4-8-20(17)25-22(27)18-11-15-9-13-5-1-2-6-14(13)10-16(15)12-19(18)23(25)28/h1-2,5-6,9-12,17,20H,3-4,7-8H2/t17-,20-/m1/s1. The lowest BCUT2D eigenvalue weighted by molar-refractivity contribution is -0.117. The molecule has 4 nitrogen and oxygen atoms in total. The van der Waals surface area contributed by atoms with Gasteiger partial charge in [-0.05, 0) is 70.3 Å². The van der Waals surface area contributed by atoms with Crippen LogP contribution in [-0.4, -0.2) is 28.0 Å². The third kappa shape index (κ3) is 2.55. The van der Waals surface area contributed by atoms with E-state index in [1.54, 1.807) is 12.1 Å². The zero-order valence-corrected chi connectivity index (χ0v) is 15.9. The van der Waals surface area contributed by atoms with Crippen LogP contribution in [0.5, 0.6) is 0 Å². The minimum atomic E-state index is -0.477. The van der Waals surface area contributed by atoms with Gasteiger partial charge in [0.1, 0.15) is 0 Å². The average molecular weight is 392 g/mol. The van der Waals surface area contributed by atoms with Crippen LogP contribution < -0.4 is 0 Å². The van der Waals surface area contributed by atoms with Gasteiger partial charge >= 0.3 is 0 Å². The van der Waals surface area contributed by atoms with E-state index in [1.807, 2.05) is 36.4 Å². The fourth-order valence-corrected chi connectivity index (χ4v) is 4.94. The lowest BCUT2D eigenvalue weighted by Gasteiger charge is -2.34. The van der Waals surface area contributed by atoms with Gasteiger partial charge in [-0.15, -0.1) is 0 Å². The normalized spacial score (nSPS) is 22.1. The van der Waals surface area contributed by atoms with Crippen molar-refractivity contribution in [2.75, 3.05) is 0 Å². The summed E-state index contributed by atoms with van der Waals surface area (Å²) in [5.74, 6) is -1.11. The third-order valence-corrected chi connectivity index (χ3v) is 6.37. The summed E-state index contributed by atoms with van der Waals surface area (Å²) in [6.45, 7) is 0. The van der Waals surface area contributed by atoms with Gasteiger partial charge in [-0.25, -0.2) is 0 Å². The number of hydrogen-bond acceptors (Lipinski definition) is 3. The van der Waals surface area contributed by atoms with Gasteiger partial charge in [-0.3, -0.25) is 19.3 Å². The molecule has 2 atom stereocenters. The first kappa shape index (κ1) is 17.4. The van der Waals surface area contributed by atoms with Gasteiger partial charge < -0.3 is 0 Å². The molecule has 3 aromatic carbocycles.